The third-order valence-electron chi connectivity index (χ3n) is 16.5. The molecule has 0 radical (unpaired) electrons. The van der Waals surface area contributed by atoms with Gasteiger partial charge in [0.1, 0.15) is 11.4 Å². The molecule has 5 aliphatic rings. The highest BCUT2D eigenvalue weighted by Gasteiger charge is 2.72. The highest BCUT2D eigenvalue weighted by molar-refractivity contribution is 5.94. The minimum Gasteiger partial charge on any atom is -0.507 e. The molecular weight excluding hydrogens is 622 g/mol. The fourth-order valence-corrected chi connectivity index (χ4v) is 13.9. The maximum Gasteiger partial charge on any atom is 0.309 e. The minimum atomic E-state index is -0.571. The van der Waals surface area contributed by atoms with Crippen LogP contribution in [0, 0.1) is 56.7 Å². The van der Waals surface area contributed by atoms with E-state index >= 15 is 0 Å². The number of phenols is 1. The smallest absolute Gasteiger partial charge is 0.309 e. The van der Waals surface area contributed by atoms with Crippen molar-refractivity contribution in [2.75, 3.05) is 0 Å². The normalized spacial score (nSPS) is 40.4. The molecule has 0 amide bonds. The summed E-state index contributed by atoms with van der Waals surface area (Å²) in [4.78, 5) is 13.0. The van der Waals surface area contributed by atoms with E-state index in [0.717, 1.165) is 67.1 Å². The van der Waals surface area contributed by atoms with Crippen LogP contribution in [0.2, 0.25) is 0 Å². The number of hydrogen-bond acceptors (Lipinski definition) is 5. The predicted molar refractivity (Wildman–Crippen MR) is 196 cm³/mol. The number of benzene rings is 2. The lowest BCUT2D eigenvalue weighted by atomic mass is 9.32. The zero-order valence-corrected chi connectivity index (χ0v) is 31.0. The van der Waals surface area contributed by atoms with Crippen LogP contribution >= 0.6 is 0 Å². The Morgan fingerprint density at radius 1 is 0.900 bits per heavy atom. The number of aromatic nitrogens is 3. The average Bonchev–Trinajstić information content (AvgIpc) is 3.71. The molecule has 5 saturated carbocycles. The van der Waals surface area contributed by atoms with Gasteiger partial charge in [-0.3, -0.25) is 4.79 Å². The van der Waals surface area contributed by atoms with Crippen molar-refractivity contribution in [3.8, 4) is 11.4 Å². The summed E-state index contributed by atoms with van der Waals surface area (Å²) < 4.78 is 8.59. The third kappa shape index (κ3) is 4.53. The predicted octanol–water partition coefficient (Wildman–Crippen LogP) is 9.75. The molecule has 1 aromatic heterocycles. The zero-order valence-electron chi connectivity index (χ0n) is 31.0. The number of carboxylic acids is 1. The Kier molecular flexibility index (Phi) is 7.74. The number of phenolic OH excluding ortho intramolecular Hbond substituents is 1. The second-order valence-corrected chi connectivity index (χ2v) is 18.6. The van der Waals surface area contributed by atoms with Gasteiger partial charge in [0, 0.05) is 10.8 Å². The van der Waals surface area contributed by atoms with Crippen LogP contribution in [0.1, 0.15) is 111 Å². The zero-order chi connectivity index (χ0) is 35.4. The molecule has 7 heteroatoms. The van der Waals surface area contributed by atoms with Crippen LogP contribution in [-0.4, -0.2) is 37.3 Å². The molecule has 0 saturated heterocycles. The molecule has 2 N–H and O–H groups in total. The minimum absolute atomic E-state index is 0.0107. The fraction of sp³-hybridized carbons (Fsp3) is 0.651. The summed E-state index contributed by atoms with van der Waals surface area (Å²) in [5, 5.41) is 31.7. The topological polar surface area (TPSA) is 97.5 Å². The first-order valence-electron chi connectivity index (χ1n) is 19.3. The van der Waals surface area contributed by atoms with E-state index in [0.29, 0.717) is 30.3 Å². The Labute approximate surface area is 297 Å². The molecule has 10 atom stereocenters. The highest BCUT2D eigenvalue weighted by atomic mass is 16.5. The van der Waals surface area contributed by atoms with Gasteiger partial charge >= 0.3 is 5.97 Å². The first kappa shape index (κ1) is 33.9. The van der Waals surface area contributed by atoms with Crippen LogP contribution in [0.4, 0.5) is 0 Å². The van der Waals surface area contributed by atoms with Crippen LogP contribution in [0.15, 0.2) is 54.7 Å². The van der Waals surface area contributed by atoms with Gasteiger partial charge < -0.3 is 14.9 Å². The number of ether oxygens (including phenoxy) is 1. The van der Waals surface area contributed by atoms with E-state index in [1.807, 2.05) is 36.5 Å². The number of fused-ring (bicyclic) bond motifs is 8. The van der Waals surface area contributed by atoms with Crippen LogP contribution in [0.25, 0.3) is 16.5 Å². The Morgan fingerprint density at radius 2 is 1.66 bits per heavy atom. The van der Waals surface area contributed by atoms with Gasteiger partial charge in [0.2, 0.25) is 0 Å². The Morgan fingerprint density at radius 3 is 2.42 bits per heavy atom. The third-order valence-corrected chi connectivity index (χ3v) is 16.5. The number of hydrogen-bond donors (Lipinski definition) is 2. The Hall–Kier alpha value is -3.19. The molecule has 0 unspecified atom stereocenters. The van der Waals surface area contributed by atoms with Crippen molar-refractivity contribution in [1.29, 1.82) is 0 Å². The van der Waals surface area contributed by atoms with Gasteiger partial charge in [-0.25, -0.2) is 4.68 Å². The standard InChI is InChI=1S/C43H57N3O4/c1-26(2)28-16-21-43(38(48)49)23-22-41(6)31(37(28)43)14-15-35-40(5)19-18-36(39(3,4)34(40)17-20-42(35,41)7)50-25-27-24-46(45-44-27)32-12-8-11-30-29(32)10-9-13-33(30)47/h8-13,24,28,31,34-37,47H,1,14-23,25H2,2-7H3,(H,48,49)/t28-,31+,34-,35+,36-,37+,40-,41+,42+,43-/m0/s1. The number of allylic oxidation sites excluding steroid dienone is 1. The van der Waals surface area contributed by atoms with E-state index in [-0.39, 0.29) is 39.4 Å². The summed E-state index contributed by atoms with van der Waals surface area (Å²) in [6, 6.07) is 11.4. The molecule has 0 spiro atoms. The van der Waals surface area contributed by atoms with Crippen LogP contribution in [0.5, 0.6) is 5.75 Å². The maximum absolute atomic E-state index is 13.0. The highest BCUT2D eigenvalue weighted by Crippen LogP contribution is 2.77. The van der Waals surface area contributed by atoms with E-state index in [2.05, 4.69) is 58.4 Å². The SMILES string of the molecule is C=C(C)[C@@H]1CC[C@]2(C(=O)O)CC[C@]3(C)[C@H](CC[C@@H]4[C@@]5(C)CC[C@H](OCc6cn(-c7cccc8c(O)cccc78)nn6)C(C)(C)[C@@H]5CC[C@]43C)[C@@H]12. The summed E-state index contributed by atoms with van der Waals surface area (Å²) in [5.74, 6) is 1.88. The molecule has 8 rings (SSSR count). The van der Waals surface area contributed by atoms with Crippen molar-refractivity contribution in [2.24, 2.45) is 56.7 Å². The number of carbonyl (C=O) groups is 1. The van der Waals surface area contributed by atoms with Gasteiger partial charge in [-0.15, -0.1) is 5.10 Å². The summed E-state index contributed by atoms with van der Waals surface area (Å²) in [7, 11) is 0. The number of aliphatic carboxylic acids is 1. The van der Waals surface area contributed by atoms with Crippen molar-refractivity contribution in [3.05, 3.63) is 60.4 Å². The van der Waals surface area contributed by atoms with Crippen molar-refractivity contribution in [2.45, 2.75) is 118 Å². The number of rotatable bonds is 6. The lowest BCUT2D eigenvalue weighted by Crippen LogP contribution is -2.67. The summed E-state index contributed by atoms with van der Waals surface area (Å²) in [5.41, 5.74) is 2.87. The Bertz CT molecular complexity index is 1850. The van der Waals surface area contributed by atoms with Crippen molar-refractivity contribution < 1.29 is 19.7 Å². The van der Waals surface area contributed by atoms with Gasteiger partial charge in [-0.05, 0) is 135 Å². The van der Waals surface area contributed by atoms with E-state index in [4.69, 9.17) is 4.74 Å². The molecule has 0 bridgehead atoms. The van der Waals surface area contributed by atoms with Gasteiger partial charge in [-0.2, -0.15) is 0 Å². The molecule has 268 valence electrons. The second-order valence-electron chi connectivity index (χ2n) is 18.6. The van der Waals surface area contributed by atoms with Crippen LogP contribution < -0.4 is 0 Å². The van der Waals surface area contributed by atoms with E-state index < -0.39 is 11.4 Å². The molecule has 2 aromatic carbocycles. The molecule has 50 heavy (non-hydrogen) atoms. The summed E-state index contributed by atoms with van der Waals surface area (Å²) in [6.45, 7) is 19.7. The quantitative estimate of drug-likeness (QED) is 0.252. The average molecular weight is 680 g/mol. The number of carboxylic acid groups (broad SMARTS) is 1. The monoisotopic (exact) mass is 679 g/mol. The largest absolute Gasteiger partial charge is 0.507 e. The van der Waals surface area contributed by atoms with E-state index in [1.54, 1.807) is 10.7 Å². The van der Waals surface area contributed by atoms with Gasteiger partial charge in [0.15, 0.2) is 0 Å². The summed E-state index contributed by atoms with van der Waals surface area (Å²) >= 11 is 0. The van der Waals surface area contributed by atoms with Gasteiger partial charge in [-0.1, -0.05) is 76.2 Å². The van der Waals surface area contributed by atoms with Crippen molar-refractivity contribution >= 4 is 16.7 Å². The second kappa shape index (κ2) is 11.4. The number of aromatic hydroxyl groups is 1. The van der Waals surface area contributed by atoms with E-state index in [9.17, 15) is 15.0 Å². The van der Waals surface area contributed by atoms with Crippen LogP contribution in [-0.2, 0) is 16.1 Å². The molecule has 7 nitrogen and oxygen atoms in total. The van der Waals surface area contributed by atoms with Crippen molar-refractivity contribution in [3.63, 3.8) is 0 Å². The van der Waals surface area contributed by atoms with Gasteiger partial charge in [0.05, 0.1) is 30.0 Å². The Balaban J connectivity index is 1.01. The molecular formula is C43H57N3O4. The van der Waals surface area contributed by atoms with E-state index in [1.165, 1.54) is 24.8 Å². The molecule has 5 fully saturated rings. The van der Waals surface area contributed by atoms with Gasteiger partial charge in [0.25, 0.3) is 0 Å². The maximum atomic E-state index is 13.0. The first-order chi connectivity index (χ1) is 23.7. The lowest BCUT2D eigenvalue weighted by Gasteiger charge is -2.72. The molecule has 3 aromatic rings. The van der Waals surface area contributed by atoms with Crippen LogP contribution in [0.3, 0.4) is 0 Å². The lowest BCUT2D eigenvalue weighted by molar-refractivity contribution is -0.252. The molecule has 0 aliphatic heterocycles. The molecule has 5 aliphatic carbocycles. The fourth-order valence-electron chi connectivity index (χ4n) is 13.9. The van der Waals surface area contributed by atoms with Crippen molar-refractivity contribution in [1.82, 2.24) is 15.0 Å². The first-order valence-corrected chi connectivity index (χ1v) is 19.3. The molecule has 1 heterocycles. The summed E-state index contributed by atoms with van der Waals surface area (Å²) in [6.07, 6.45) is 12.7. The number of nitrogens with zero attached hydrogens (tertiary/aromatic N) is 3.